The minimum atomic E-state index is -5.14. The summed E-state index contributed by atoms with van der Waals surface area (Å²) in [6.45, 7) is 0.452. The van der Waals surface area contributed by atoms with Crippen molar-refractivity contribution in [2.24, 2.45) is 0 Å². The van der Waals surface area contributed by atoms with Crippen LogP contribution >= 0.6 is 15.6 Å². The van der Waals surface area contributed by atoms with Crippen molar-refractivity contribution in [3.05, 3.63) is 32.6 Å². The number of aromatic amines is 1. The van der Waals surface area contributed by atoms with Crippen LogP contribution in [0.2, 0.25) is 0 Å². The molecule has 148 valence electrons. The van der Waals surface area contributed by atoms with Crippen LogP contribution in [0.1, 0.15) is 11.8 Å². The molecule has 2 rings (SSSR count). The van der Waals surface area contributed by atoms with Crippen LogP contribution in [0.4, 0.5) is 0 Å². The molecule has 1 saturated heterocycles. The minimum absolute atomic E-state index is 0.0720. The summed E-state index contributed by atoms with van der Waals surface area (Å²) in [5.41, 5.74) is -1.61. The van der Waals surface area contributed by atoms with Gasteiger partial charge >= 0.3 is 21.3 Å². The molecular weight excluding hydrogens is 402 g/mol. The molecule has 4 unspecified atom stereocenters. The number of phosphoric acid groups is 2. The molecule has 1 aromatic heterocycles. The van der Waals surface area contributed by atoms with Crippen molar-refractivity contribution in [2.75, 3.05) is 6.61 Å². The summed E-state index contributed by atoms with van der Waals surface area (Å²) in [5, 5.41) is 10.3. The highest BCUT2D eigenvalue weighted by molar-refractivity contribution is 7.46. The smallest absolute Gasteiger partial charge is 0.386 e. The van der Waals surface area contributed by atoms with Gasteiger partial charge in [0.2, 0.25) is 0 Å². The second-order valence-corrected chi connectivity index (χ2v) is 7.81. The van der Waals surface area contributed by atoms with E-state index in [4.69, 9.17) is 24.3 Å². The summed E-state index contributed by atoms with van der Waals surface area (Å²) in [7, 11) is -10.1. The molecule has 16 heteroatoms. The Morgan fingerprint density at radius 3 is 2.38 bits per heavy atom. The zero-order valence-electron chi connectivity index (χ0n) is 13.0. The molecule has 2 heterocycles. The van der Waals surface area contributed by atoms with E-state index in [-0.39, 0.29) is 5.56 Å². The molecule has 0 radical (unpaired) electrons. The SMILES string of the molecule is Cc1cn(C2OC(COP(=O)(O)O)C(OP(=O)(O)O)C2O)c(=O)[nH]c1=O. The molecule has 4 atom stereocenters. The first kappa shape index (κ1) is 21.1. The van der Waals surface area contributed by atoms with Crippen molar-refractivity contribution in [1.82, 2.24) is 9.55 Å². The van der Waals surface area contributed by atoms with Crippen molar-refractivity contribution in [3.8, 4) is 0 Å². The number of nitrogens with one attached hydrogen (secondary N) is 1. The number of aliphatic hydroxyl groups is 1. The van der Waals surface area contributed by atoms with Crippen molar-refractivity contribution in [2.45, 2.75) is 31.5 Å². The lowest BCUT2D eigenvalue weighted by molar-refractivity contribution is -0.0542. The maximum absolute atomic E-state index is 11.9. The summed E-state index contributed by atoms with van der Waals surface area (Å²) in [5.74, 6) is 0. The molecule has 26 heavy (non-hydrogen) atoms. The van der Waals surface area contributed by atoms with Crippen molar-refractivity contribution >= 4 is 15.6 Å². The van der Waals surface area contributed by atoms with Gasteiger partial charge in [0.05, 0.1) is 6.61 Å². The number of hydrogen-bond donors (Lipinski definition) is 6. The Kier molecular flexibility index (Phi) is 6.05. The first-order valence-electron chi connectivity index (χ1n) is 6.88. The molecule has 0 amide bonds. The normalized spacial score (nSPS) is 27.0. The zero-order chi connectivity index (χ0) is 19.9. The topological polar surface area (TPSA) is 218 Å². The fraction of sp³-hybridized carbons (Fsp3) is 0.600. The largest absolute Gasteiger partial charge is 0.470 e. The predicted molar refractivity (Wildman–Crippen MR) is 80.9 cm³/mol. The Labute approximate surface area is 144 Å². The van der Waals surface area contributed by atoms with Crippen LogP contribution in [-0.4, -0.2) is 59.2 Å². The van der Waals surface area contributed by atoms with E-state index in [2.05, 4.69) is 9.05 Å². The number of phosphoric ester groups is 2. The lowest BCUT2D eigenvalue weighted by Crippen LogP contribution is -2.39. The van der Waals surface area contributed by atoms with Crippen LogP contribution in [-0.2, 0) is 22.9 Å². The first-order valence-corrected chi connectivity index (χ1v) is 9.94. The minimum Gasteiger partial charge on any atom is -0.386 e. The Bertz CT molecular complexity index is 867. The van der Waals surface area contributed by atoms with Crippen LogP contribution in [0.5, 0.6) is 0 Å². The first-order chi connectivity index (χ1) is 11.8. The number of H-pyrrole nitrogens is 1. The van der Waals surface area contributed by atoms with E-state index < -0.39 is 58.0 Å². The standard InChI is InChI=1S/C10H16N2O12P2/c1-4-2-12(10(15)11-8(4)14)9-6(13)7(24-26(19,20)21)5(23-9)3-22-25(16,17)18/h2,5-7,9,13H,3H2,1H3,(H,11,14,15)(H2,16,17,18)(H2,19,20,21). The molecule has 6 N–H and O–H groups in total. The molecule has 0 bridgehead atoms. The molecule has 0 spiro atoms. The number of hydrogen-bond acceptors (Lipinski definition) is 8. The van der Waals surface area contributed by atoms with Gasteiger partial charge in [-0.2, -0.15) is 0 Å². The molecule has 1 aliphatic rings. The lowest BCUT2D eigenvalue weighted by Gasteiger charge is -2.21. The number of aromatic nitrogens is 2. The summed E-state index contributed by atoms with van der Waals surface area (Å²) < 4.78 is 36.5. The molecule has 1 fully saturated rings. The Hall–Kier alpha value is -1.18. The van der Waals surface area contributed by atoms with Crippen molar-refractivity contribution < 1.29 is 47.6 Å². The monoisotopic (exact) mass is 418 g/mol. The number of aliphatic hydroxyl groups excluding tert-OH is 1. The molecule has 0 aliphatic carbocycles. The third-order valence-electron chi connectivity index (χ3n) is 3.40. The Morgan fingerprint density at radius 2 is 1.85 bits per heavy atom. The lowest BCUT2D eigenvalue weighted by atomic mass is 10.1. The van der Waals surface area contributed by atoms with E-state index >= 15 is 0 Å². The maximum Gasteiger partial charge on any atom is 0.470 e. The van der Waals surface area contributed by atoms with Crippen molar-refractivity contribution in [1.29, 1.82) is 0 Å². The molecule has 14 nitrogen and oxygen atoms in total. The predicted octanol–water partition coefficient (Wildman–Crippen LogP) is -2.31. The van der Waals surface area contributed by atoms with Gasteiger partial charge < -0.3 is 29.4 Å². The number of nitrogens with zero attached hydrogens (tertiary/aromatic N) is 1. The quantitative estimate of drug-likeness (QED) is 0.269. The highest BCUT2D eigenvalue weighted by Gasteiger charge is 2.49. The second kappa shape index (κ2) is 7.44. The van der Waals surface area contributed by atoms with Gasteiger partial charge in [0, 0.05) is 11.8 Å². The Morgan fingerprint density at radius 1 is 1.23 bits per heavy atom. The fourth-order valence-corrected chi connectivity index (χ4v) is 3.24. The average Bonchev–Trinajstić information content (AvgIpc) is 2.75. The number of ether oxygens (including phenoxy) is 1. The van der Waals surface area contributed by atoms with Gasteiger partial charge in [0.25, 0.3) is 5.56 Å². The van der Waals surface area contributed by atoms with Crippen LogP contribution in [0.25, 0.3) is 0 Å². The van der Waals surface area contributed by atoms with E-state index in [1.54, 1.807) is 0 Å². The zero-order valence-corrected chi connectivity index (χ0v) is 14.8. The van der Waals surface area contributed by atoms with E-state index in [9.17, 15) is 23.8 Å². The molecular formula is C10H16N2O12P2. The average molecular weight is 418 g/mol. The second-order valence-electron chi connectivity index (χ2n) is 5.38. The van der Waals surface area contributed by atoms with Gasteiger partial charge in [0.1, 0.15) is 18.3 Å². The highest BCUT2D eigenvalue weighted by Crippen LogP contribution is 2.45. The highest BCUT2D eigenvalue weighted by atomic mass is 31.2. The van der Waals surface area contributed by atoms with Gasteiger partial charge in [-0.1, -0.05) is 0 Å². The van der Waals surface area contributed by atoms with E-state index in [0.29, 0.717) is 0 Å². The third kappa shape index (κ3) is 5.18. The van der Waals surface area contributed by atoms with Gasteiger partial charge in [-0.25, -0.2) is 13.9 Å². The van der Waals surface area contributed by atoms with Crippen molar-refractivity contribution in [3.63, 3.8) is 0 Å². The maximum atomic E-state index is 11.9. The van der Waals surface area contributed by atoms with Crippen LogP contribution in [0, 0.1) is 6.92 Å². The number of aryl methyl sites for hydroxylation is 1. The van der Waals surface area contributed by atoms with Gasteiger partial charge in [-0.3, -0.25) is 23.4 Å². The van der Waals surface area contributed by atoms with Gasteiger partial charge in [-0.15, -0.1) is 0 Å². The van der Waals surface area contributed by atoms with Crippen LogP contribution in [0.3, 0.4) is 0 Å². The third-order valence-corrected chi connectivity index (χ3v) is 4.40. The summed E-state index contributed by atoms with van der Waals surface area (Å²) >= 11 is 0. The van der Waals surface area contributed by atoms with Crippen LogP contribution < -0.4 is 11.2 Å². The Balaban J connectivity index is 2.36. The summed E-state index contributed by atoms with van der Waals surface area (Å²) in [6.07, 6.45) is -5.70. The fourth-order valence-electron chi connectivity index (χ4n) is 2.32. The van der Waals surface area contributed by atoms with Gasteiger partial charge in [0.15, 0.2) is 6.23 Å². The van der Waals surface area contributed by atoms with E-state index in [0.717, 1.165) is 10.8 Å². The summed E-state index contributed by atoms with van der Waals surface area (Å²) in [4.78, 5) is 60.6. The molecule has 0 aromatic carbocycles. The van der Waals surface area contributed by atoms with E-state index in [1.807, 2.05) is 4.98 Å². The van der Waals surface area contributed by atoms with Crippen LogP contribution in [0.15, 0.2) is 15.8 Å². The molecule has 1 aromatic rings. The summed E-state index contributed by atoms with van der Waals surface area (Å²) in [6, 6.07) is 0. The number of rotatable bonds is 6. The van der Waals surface area contributed by atoms with E-state index in [1.165, 1.54) is 6.92 Å². The molecule has 0 saturated carbocycles. The molecule has 1 aliphatic heterocycles. The van der Waals surface area contributed by atoms with Gasteiger partial charge in [-0.05, 0) is 6.92 Å².